The molecule has 27 heavy (non-hydrogen) atoms. The number of carbonyl (C=O) groups excluding carboxylic acids is 2. The molecule has 2 aromatic rings. The number of hydrogen-bond donors (Lipinski definition) is 1. The molecule has 1 aliphatic rings. The van der Waals surface area contributed by atoms with Crippen LogP contribution in [0.5, 0.6) is 0 Å². The number of anilines is 1. The first-order valence-electron chi connectivity index (χ1n) is 9.18. The van der Waals surface area contributed by atoms with E-state index in [0.717, 1.165) is 36.1 Å². The second kappa shape index (κ2) is 8.62. The van der Waals surface area contributed by atoms with Gasteiger partial charge < -0.3 is 10.2 Å². The molecule has 1 aliphatic heterocycles. The fraction of sp³-hybridized carbons (Fsp3) is 0.273. The normalized spacial score (nSPS) is 13.0. The Hall–Kier alpha value is -2.95. The molecule has 0 bridgehead atoms. The Morgan fingerprint density at radius 2 is 2.04 bits per heavy atom. The number of halogens is 1. The van der Waals surface area contributed by atoms with Crippen LogP contribution >= 0.6 is 0 Å². The standard InChI is InChI=1S/C22H23FN2O2/c1-2-21(26)25-14-6-11-18-19(10-4-12-20(18)25)22(27)24-13-5-8-16-7-3-9-17(23)15-16/h2-4,7,9-10,12,15H,1,5-6,8,11,13-14H2,(H,24,27). The summed E-state index contributed by atoms with van der Waals surface area (Å²) in [5.41, 5.74) is 3.22. The van der Waals surface area contributed by atoms with E-state index in [1.807, 2.05) is 12.1 Å². The second-order valence-corrected chi connectivity index (χ2v) is 6.59. The number of carbonyl (C=O) groups is 2. The van der Waals surface area contributed by atoms with Gasteiger partial charge in [-0.15, -0.1) is 0 Å². The number of nitrogens with one attached hydrogen (secondary N) is 1. The van der Waals surface area contributed by atoms with E-state index < -0.39 is 0 Å². The lowest BCUT2D eigenvalue weighted by atomic mass is 9.95. The maximum Gasteiger partial charge on any atom is 0.251 e. The van der Waals surface area contributed by atoms with Gasteiger partial charge in [0.25, 0.3) is 5.91 Å². The zero-order chi connectivity index (χ0) is 19.2. The van der Waals surface area contributed by atoms with Crippen molar-refractivity contribution in [3.05, 3.63) is 77.6 Å². The van der Waals surface area contributed by atoms with E-state index in [0.29, 0.717) is 25.1 Å². The first-order chi connectivity index (χ1) is 13.1. The molecular weight excluding hydrogens is 343 g/mol. The minimum atomic E-state index is -0.244. The summed E-state index contributed by atoms with van der Waals surface area (Å²) in [4.78, 5) is 26.4. The number of aryl methyl sites for hydroxylation is 1. The second-order valence-electron chi connectivity index (χ2n) is 6.59. The summed E-state index contributed by atoms with van der Waals surface area (Å²) in [6, 6.07) is 12.0. The number of nitrogens with zero attached hydrogens (tertiary/aromatic N) is 1. The lowest BCUT2D eigenvalue weighted by molar-refractivity contribution is -0.114. The molecule has 2 aromatic carbocycles. The topological polar surface area (TPSA) is 49.4 Å². The van der Waals surface area contributed by atoms with Crippen LogP contribution in [-0.2, 0) is 17.6 Å². The molecule has 0 atom stereocenters. The third-order valence-corrected chi connectivity index (χ3v) is 4.75. The summed E-state index contributed by atoms with van der Waals surface area (Å²) in [6.07, 6.45) is 4.31. The molecule has 1 heterocycles. The van der Waals surface area contributed by atoms with Gasteiger partial charge in [-0.3, -0.25) is 9.59 Å². The monoisotopic (exact) mass is 366 g/mol. The first kappa shape index (κ1) is 18.8. The van der Waals surface area contributed by atoms with Crippen LogP contribution in [0.4, 0.5) is 10.1 Å². The largest absolute Gasteiger partial charge is 0.352 e. The Labute approximate surface area is 158 Å². The van der Waals surface area contributed by atoms with Crippen molar-refractivity contribution in [1.82, 2.24) is 5.32 Å². The molecule has 140 valence electrons. The predicted molar refractivity (Wildman–Crippen MR) is 104 cm³/mol. The zero-order valence-electron chi connectivity index (χ0n) is 15.2. The molecule has 0 spiro atoms. The van der Waals surface area contributed by atoms with Crippen molar-refractivity contribution < 1.29 is 14.0 Å². The van der Waals surface area contributed by atoms with Crippen molar-refractivity contribution >= 4 is 17.5 Å². The van der Waals surface area contributed by atoms with Gasteiger partial charge in [0.1, 0.15) is 5.82 Å². The SMILES string of the molecule is C=CC(=O)N1CCCc2c(C(=O)NCCCc3cccc(F)c3)cccc21. The van der Waals surface area contributed by atoms with Crippen LogP contribution in [0.2, 0.25) is 0 Å². The summed E-state index contributed by atoms with van der Waals surface area (Å²) in [5.74, 6) is -0.534. The minimum absolute atomic E-state index is 0.140. The Balaban J connectivity index is 1.63. The molecule has 1 N–H and O–H groups in total. The molecule has 2 amide bonds. The van der Waals surface area contributed by atoms with E-state index in [-0.39, 0.29) is 17.6 Å². The van der Waals surface area contributed by atoms with Gasteiger partial charge in [0.05, 0.1) is 0 Å². The minimum Gasteiger partial charge on any atom is -0.352 e. The maximum absolute atomic E-state index is 13.2. The van der Waals surface area contributed by atoms with Crippen LogP contribution < -0.4 is 10.2 Å². The van der Waals surface area contributed by atoms with Gasteiger partial charge in [-0.1, -0.05) is 24.8 Å². The molecule has 3 rings (SSSR count). The molecular formula is C22H23FN2O2. The Bertz CT molecular complexity index is 863. The van der Waals surface area contributed by atoms with Crippen LogP contribution in [0.3, 0.4) is 0 Å². The molecule has 0 unspecified atom stereocenters. The highest BCUT2D eigenvalue weighted by atomic mass is 19.1. The van der Waals surface area contributed by atoms with E-state index in [4.69, 9.17) is 0 Å². The lowest BCUT2D eigenvalue weighted by Gasteiger charge is -2.29. The van der Waals surface area contributed by atoms with Crippen molar-refractivity contribution in [2.24, 2.45) is 0 Å². The highest BCUT2D eigenvalue weighted by Crippen LogP contribution is 2.30. The summed E-state index contributed by atoms with van der Waals surface area (Å²) >= 11 is 0. The van der Waals surface area contributed by atoms with Gasteiger partial charge in [-0.05, 0) is 67.2 Å². The van der Waals surface area contributed by atoms with Gasteiger partial charge in [-0.2, -0.15) is 0 Å². The average Bonchev–Trinajstić information content (AvgIpc) is 2.69. The van der Waals surface area contributed by atoms with E-state index in [1.54, 1.807) is 23.1 Å². The van der Waals surface area contributed by atoms with E-state index >= 15 is 0 Å². The van der Waals surface area contributed by atoms with Gasteiger partial charge >= 0.3 is 0 Å². The maximum atomic E-state index is 13.2. The molecule has 0 aliphatic carbocycles. The summed E-state index contributed by atoms with van der Waals surface area (Å²) in [5, 5.41) is 2.94. The third-order valence-electron chi connectivity index (χ3n) is 4.75. The quantitative estimate of drug-likeness (QED) is 0.627. The summed E-state index contributed by atoms with van der Waals surface area (Å²) in [7, 11) is 0. The Kier molecular flexibility index (Phi) is 6.01. The smallest absolute Gasteiger partial charge is 0.251 e. The van der Waals surface area contributed by atoms with E-state index in [1.165, 1.54) is 18.2 Å². The van der Waals surface area contributed by atoms with Crippen LogP contribution in [-0.4, -0.2) is 24.9 Å². The molecule has 0 saturated carbocycles. The van der Waals surface area contributed by atoms with Crippen molar-refractivity contribution in [2.45, 2.75) is 25.7 Å². The molecule has 0 fully saturated rings. The van der Waals surface area contributed by atoms with Gasteiger partial charge in [0.2, 0.25) is 5.91 Å². The molecule has 0 saturated heterocycles. The van der Waals surface area contributed by atoms with Crippen molar-refractivity contribution in [3.8, 4) is 0 Å². The Morgan fingerprint density at radius 3 is 2.81 bits per heavy atom. The molecule has 4 nitrogen and oxygen atoms in total. The van der Waals surface area contributed by atoms with E-state index in [2.05, 4.69) is 11.9 Å². The fourth-order valence-electron chi connectivity index (χ4n) is 3.46. The van der Waals surface area contributed by atoms with Gasteiger partial charge in [-0.25, -0.2) is 4.39 Å². The number of fused-ring (bicyclic) bond motifs is 1. The third kappa shape index (κ3) is 4.42. The molecule has 0 radical (unpaired) electrons. The zero-order valence-corrected chi connectivity index (χ0v) is 15.2. The van der Waals surface area contributed by atoms with Gasteiger partial charge in [0.15, 0.2) is 0 Å². The predicted octanol–water partition coefficient (Wildman–Crippen LogP) is 3.65. The van der Waals surface area contributed by atoms with Gasteiger partial charge in [0, 0.05) is 24.3 Å². The van der Waals surface area contributed by atoms with E-state index in [9.17, 15) is 14.0 Å². The van der Waals surface area contributed by atoms with Crippen LogP contribution in [0, 0.1) is 5.82 Å². The molecule has 0 aromatic heterocycles. The number of amides is 2. The Morgan fingerprint density at radius 1 is 1.22 bits per heavy atom. The number of rotatable bonds is 6. The summed E-state index contributed by atoms with van der Waals surface area (Å²) < 4.78 is 13.2. The lowest BCUT2D eigenvalue weighted by Crippen LogP contribution is -2.35. The highest BCUT2D eigenvalue weighted by Gasteiger charge is 2.24. The number of benzene rings is 2. The van der Waals surface area contributed by atoms with Crippen LogP contribution in [0.15, 0.2) is 55.1 Å². The molecule has 5 heteroatoms. The van der Waals surface area contributed by atoms with Crippen LogP contribution in [0.25, 0.3) is 0 Å². The first-order valence-corrected chi connectivity index (χ1v) is 9.18. The fourth-order valence-corrected chi connectivity index (χ4v) is 3.46. The number of hydrogen-bond acceptors (Lipinski definition) is 2. The van der Waals surface area contributed by atoms with Crippen molar-refractivity contribution in [3.63, 3.8) is 0 Å². The van der Waals surface area contributed by atoms with Crippen molar-refractivity contribution in [1.29, 1.82) is 0 Å². The van der Waals surface area contributed by atoms with Crippen LogP contribution in [0.1, 0.15) is 34.3 Å². The average molecular weight is 366 g/mol. The highest BCUT2D eigenvalue weighted by molar-refractivity contribution is 6.04. The summed E-state index contributed by atoms with van der Waals surface area (Å²) in [6.45, 7) is 4.70. The van der Waals surface area contributed by atoms with Crippen molar-refractivity contribution in [2.75, 3.05) is 18.0 Å².